The molecule has 128 valence electrons. The molecule has 1 N–H and O–H groups in total. The number of nitro benzene ring substituents is 1. The zero-order valence-corrected chi connectivity index (χ0v) is 14.6. The van der Waals surface area contributed by atoms with Gasteiger partial charge in [-0.15, -0.1) is 0 Å². The Morgan fingerprint density at radius 3 is 2.56 bits per heavy atom. The Kier molecular flexibility index (Phi) is 4.51. The van der Waals surface area contributed by atoms with Crippen molar-refractivity contribution < 1.29 is 13.3 Å². The maximum Gasteiger partial charge on any atom is 0.291 e. The van der Waals surface area contributed by atoms with Gasteiger partial charge in [-0.05, 0) is 30.3 Å². The zero-order valence-electron chi connectivity index (χ0n) is 12.3. The van der Waals surface area contributed by atoms with Crippen LogP contribution in [-0.2, 0) is 10.0 Å². The van der Waals surface area contributed by atoms with Gasteiger partial charge in [-0.3, -0.25) is 14.8 Å². The third kappa shape index (κ3) is 3.51. The average Bonchev–Trinajstić information content (AvgIpc) is 2.54. The highest BCUT2D eigenvalue weighted by molar-refractivity contribution is 7.92. The van der Waals surface area contributed by atoms with Gasteiger partial charge in [-0.1, -0.05) is 35.3 Å². The number of fused-ring (bicyclic) bond motifs is 1. The second kappa shape index (κ2) is 6.47. The number of para-hydroxylation sites is 1. The van der Waals surface area contributed by atoms with Gasteiger partial charge in [-0.25, -0.2) is 13.4 Å². The van der Waals surface area contributed by atoms with Crippen molar-refractivity contribution in [3.8, 4) is 0 Å². The molecule has 0 saturated heterocycles. The van der Waals surface area contributed by atoms with Gasteiger partial charge in [0, 0.05) is 16.5 Å². The number of nitro groups is 1. The predicted molar refractivity (Wildman–Crippen MR) is 95.7 cm³/mol. The first-order valence-electron chi connectivity index (χ1n) is 6.80. The number of halogens is 2. The van der Waals surface area contributed by atoms with Crippen molar-refractivity contribution in [1.29, 1.82) is 0 Å². The number of anilines is 1. The molecule has 3 aromatic rings. The first-order chi connectivity index (χ1) is 11.8. The molecule has 0 unspecified atom stereocenters. The number of nitrogens with zero attached hydrogens (tertiary/aromatic N) is 2. The van der Waals surface area contributed by atoms with Gasteiger partial charge in [-0.2, -0.15) is 0 Å². The van der Waals surface area contributed by atoms with Crippen LogP contribution in [0.5, 0.6) is 0 Å². The second-order valence-corrected chi connectivity index (χ2v) is 7.46. The highest BCUT2D eigenvalue weighted by Gasteiger charge is 2.26. The summed E-state index contributed by atoms with van der Waals surface area (Å²) in [5.74, 6) is 0. The van der Waals surface area contributed by atoms with Gasteiger partial charge >= 0.3 is 0 Å². The molecule has 0 saturated carbocycles. The smallest absolute Gasteiger partial charge is 0.277 e. The van der Waals surface area contributed by atoms with Crippen molar-refractivity contribution in [2.75, 3.05) is 4.72 Å². The summed E-state index contributed by atoms with van der Waals surface area (Å²) in [6.45, 7) is 0. The van der Waals surface area contributed by atoms with Crippen LogP contribution in [0.4, 0.5) is 11.4 Å². The Hall–Kier alpha value is -2.42. The number of nitrogens with one attached hydrogen (secondary N) is 1. The molecule has 0 radical (unpaired) electrons. The highest BCUT2D eigenvalue weighted by Crippen LogP contribution is 2.30. The molecule has 7 nitrogen and oxygen atoms in total. The van der Waals surface area contributed by atoms with Crippen LogP contribution in [0.3, 0.4) is 0 Å². The van der Waals surface area contributed by atoms with E-state index in [4.69, 9.17) is 23.2 Å². The van der Waals surface area contributed by atoms with Gasteiger partial charge in [0.05, 0.1) is 16.1 Å². The minimum Gasteiger partial charge on any atom is -0.277 e. The fourth-order valence-corrected chi connectivity index (χ4v) is 3.80. The Labute approximate surface area is 152 Å². The monoisotopic (exact) mass is 397 g/mol. The van der Waals surface area contributed by atoms with Crippen molar-refractivity contribution in [2.24, 2.45) is 0 Å². The van der Waals surface area contributed by atoms with Gasteiger partial charge in [0.15, 0.2) is 4.90 Å². The van der Waals surface area contributed by atoms with E-state index in [1.54, 1.807) is 24.3 Å². The molecule has 0 spiro atoms. The van der Waals surface area contributed by atoms with E-state index in [1.165, 1.54) is 12.1 Å². The summed E-state index contributed by atoms with van der Waals surface area (Å²) < 4.78 is 27.6. The number of hydrogen-bond donors (Lipinski definition) is 1. The lowest BCUT2D eigenvalue weighted by atomic mass is 10.2. The van der Waals surface area contributed by atoms with E-state index in [0.717, 1.165) is 12.1 Å². The minimum absolute atomic E-state index is 0.0595. The molecular formula is C15H9Cl2N3O4S. The van der Waals surface area contributed by atoms with Crippen LogP contribution >= 0.6 is 23.2 Å². The Morgan fingerprint density at radius 2 is 1.84 bits per heavy atom. The van der Waals surface area contributed by atoms with Crippen molar-refractivity contribution in [2.45, 2.75) is 4.90 Å². The number of sulfonamides is 1. The molecule has 25 heavy (non-hydrogen) atoms. The molecule has 0 aliphatic carbocycles. The molecular weight excluding hydrogens is 389 g/mol. The van der Waals surface area contributed by atoms with Crippen molar-refractivity contribution in [3.05, 3.63) is 68.8 Å². The molecule has 0 fully saturated rings. The fourth-order valence-electron chi connectivity index (χ4n) is 2.27. The number of benzene rings is 2. The molecule has 0 aliphatic heterocycles. The van der Waals surface area contributed by atoms with Crippen molar-refractivity contribution in [3.63, 3.8) is 0 Å². The standard InChI is InChI=1S/C15H9Cl2N3O4S/c16-10-5-6-13(12(8-10)20(21)22)25(23,24)19-11-3-1-2-9-4-7-14(17)18-15(9)11/h1-8,19H. The molecule has 0 aliphatic rings. The maximum absolute atomic E-state index is 12.6. The van der Waals surface area contributed by atoms with E-state index in [0.29, 0.717) is 10.9 Å². The van der Waals surface area contributed by atoms with Crippen LogP contribution in [0.1, 0.15) is 0 Å². The van der Waals surface area contributed by atoms with E-state index >= 15 is 0 Å². The Balaban J connectivity index is 2.12. The first-order valence-corrected chi connectivity index (χ1v) is 9.04. The lowest BCUT2D eigenvalue weighted by Gasteiger charge is -2.11. The van der Waals surface area contributed by atoms with Crippen molar-refractivity contribution >= 4 is 55.5 Å². The average molecular weight is 398 g/mol. The Morgan fingerprint density at radius 1 is 1.08 bits per heavy atom. The van der Waals surface area contributed by atoms with E-state index in [9.17, 15) is 18.5 Å². The molecule has 10 heteroatoms. The zero-order chi connectivity index (χ0) is 18.2. The van der Waals surface area contributed by atoms with Gasteiger partial charge in [0.1, 0.15) is 5.15 Å². The number of aromatic nitrogens is 1. The predicted octanol–water partition coefficient (Wildman–Crippen LogP) is 4.25. The highest BCUT2D eigenvalue weighted by atomic mass is 35.5. The summed E-state index contributed by atoms with van der Waals surface area (Å²) in [7, 11) is -4.24. The van der Waals surface area contributed by atoms with Crippen LogP contribution < -0.4 is 4.72 Å². The number of pyridine rings is 1. The van der Waals surface area contributed by atoms with Gasteiger partial charge < -0.3 is 0 Å². The van der Waals surface area contributed by atoms with Crippen LogP contribution in [0.25, 0.3) is 10.9 Å². The molecule has 3 rings (SSSR count). The molecule has 1 aromatic heterocycles. The SMILES string of the molecule is O=[N+]([O-])c1cc(Cl)ccc1S(=O)(=O)Nc1cccc2ccc(Cl)nc12. The largest absolute Gasteiger partial charge is 0.291 e. The van der Waals surface area contributed by atoms with E-state index in [1.807, 2.05) is 0 Å². The maximum atomic E-state index is 12.6. The van der Waals surface area contributed by atoms with Crippen LogP contribution in [0, 0.1) is 10.1 Å². The van der Waals surface area contributed by atoms with Gasteiger partial charge in [0.25, 0.3) is 15.7 Å². The lowest BCUT2D eigenvalue weighted by Crippen LogP contribution is -2.15. The third-order valence-electron chi connectivity index (χ3n) is 3.34. The normalized spacial score (nSPS) is 11.4. The van der Waals surface area contributed by atoms with Crippen molar-refractivity contribution in [1.82, 2.24) is 4.98 Å². The second-order valence-electron chi connectivity index (χ2n) is 4.99. The summed E-state index contributed by atoms with van der Waals surface area (Å²) >= 11 is 11.6. The molecule has 2 aromatic carbocycles. The van der Waals surface area contributed by atoms with E-state index in [-0.39, 0.29) is 15.9 Å². The number of rotatable bonds is 4. The van der Waals surface area contributed by atoms with Crippen LogP contribution in [0.15, 0.2) is 53.4 Å². The summed E-state index contributed by atoms with van der Waals surface area (Å²) in [5, 5.41) is 12.1. The summed E-state index contributed by atoms with van der Waals surface area (Å²) in [6, 6.07) is 11.4. The molecule has 1 heterocycles. The fraction of sp³-hybridized carbons (Fsp3) is 0. The minimum atomic E-state index is -4.24. The third-order valence-corrected chi connectivity index (χ3v) is 5.20. The summed E-state index contributed by atoms with van der Waals surface area (Å²) in [6.07, 6.45) is 0. The molecule has 0 amide bonds. The molecule has 0 atom stereocenters. The van der Waals surface area contributed by atoms with E-state index in [2.05, 4.69) is 9.71 Å². The first kappa shape index (κ1) is 17.4. The van der Waals surface area contributed by atoms with Gasteiger partial charge in [0.2, 0.25) is 0 Å². The Bertz CT molecular complexity index is 1100. The summed E-state index contributed by atoms with van der Waals surface area (Å²) in [4.78, 5) is 14.0. The van der Waals surface area contributed by atoms with E-state index < -0.39 is 25.5 Å². The number of hydrogen-bond acceptors (Lipinski definition) is 5. The lowest BCUT2D eigenvalue weighted by molar-refractivity contribution is -0.387. The summed E-state index contributed by atoms with van der Waals surface area (Å²) in [5.41, 5.74) is -0.134. The topological polar surface area (TPSA) is 102 Å². The molecule has 0 bridgehead atoms. The van der Waals surface area contributed by atoms with Crippen LogP contribution in [-0.4, -0.2) is 18.3 Å². The van der Waals surface area contributed by atoms with Crippen LogP contribution in [0.2, 0.25) is 10.2 Å². The quantitative estimate of drug-likeness (QED) is 0.402.